The summed E-state index contributed by atoms with van der Waals surface area (Å²) in [7, 11) is 2.77. The van der Waals surface area contributed by atoms with Crippen molar-refractivity contribution in [2.24, 2.45) is 0 Å². The fourth-order valence-electron chi connectivity index (χ4n) is 2.85. The number of aliphatic hydroxyl groups excluding tert-OH is 1. The van der Waals surface area contributed by atoms with Crippen LogP contribution >= 0.6 is 23.2 Å². The quantitative estimate of drug-likeness (QED) is 0.775. The average Bonchev–Trinajstić information content (AvgIpc) is 2.61. The number of carbonyl (C=O) groups excluding carboxylic acids is 2. The van der Waals surface area contributed by atoms with Gasteiger partial charge in [0.1, 0.15) is 5.57 Å². The predicted octanol–water partition coefficient (Wildman–Crippen LogP) is 3.80. The summed E-state index contributed by atoms with van der Waals surface area (Å²) in [5.74, 6) is -2.71. The van der Waals surface area contributed by atoms with Crippen molar-refractivity contribution in [2.75, 3.05) is 20.8 Å². The Morgan fingerprint density at radius 3 is 2.46 bits per heavy atom. The average molecular weight is 400 g/mol. The molecular formula is C18H19Cl2NO5. The van der Waals surface area contributed by atoms with Crippen molar-refractivity contribution in [3.8, 4) is 0 Å². The lowest BCUT2D eigenvalue weighted by Crippen LogP contribution is -2.34. The first-order valence-corrected chi connectivity index (χ1v) is 8.58. The van der Waals surface area contributed by atoms with Gasteiger partial charge in [-0.1, -0.05) is 35.3 Å². The van der Waals surface area contributed by atoms with E-state index in [1.807, 2.05) is 0 Å². The number of rotatable bonds is 4. The minimum atomic E-state index is -0.983. The summed E-state index contributed by atoms with van der Waals surface area (Å²) in [4.78, 5) is 26.4. The smallest absolute Gasteiger partial charge is 0.340 e. The number of hydrogen-bond donors (Lipinski definition) is 1. The minimum absolute atomic E-state index is 0.103. The molecule has 0 bridgehead atoms. The Morgan fingerprint density at radius 1 is 1.23 bits per heavy atom. The number of allylic oxidation sites excluding steroid dienone is 1. The molecule has 0 spiro atoms. The fraction of sp³-hybridized carbons (Fsp3) is 0.333. The first-order chi connectivity index (χ1) is 12.3. The maximum atomic E-state index is 12.6. The highest BCUT2D eigenvalue weighted by atomic mass is 35.5. The van der Waals surface area contributed by atoms with Crippen molar-refractivity contribution in [3.63, 3.8) is 0 Å². The summed E-state index contributed by atoms with van der Waals surface area (Å²) in [6.07, 6.45) is 0. The number of ether oxygens (including phenoxy) is 2. The Morgan fingerprint density at radius 2 is 1.88 bits per heavy atom. The van der Waals surface area contributed by atoms with Crippen LogP contribution < -0.4 is 0 Å². The number of nitrogens with zero attached hydrogens (tertiary/aromatic N) is 1. The molecular weight excluding hydrogens is 381 g/mol. The molecule has 0 saturated heterocycles. The minimum Gasteiger partial charge on any atom is -0.494 e. The van der Waals surface area contributed by atoms with Gasteiger partial charge in [0.15, 0.2) is 0 Å². The van der Waals surface area contributed by atoms with E-state index in [0.29, 0.717) is 11.3 Å². The highest BCUT2D eigenvalue weighted by Crippen LogP contribution is 2.45. The van der Waals surface area contributed by atoms with Crippen LogP contribution in [0.5, 0.6) is 0 Å². The molecule has 26 heavy (non-hydrogen) atoms. The van der Waals surface area contributed by atoms with Crippen LogP contribution in [-0.2, 0) is 19.1 Å². The lowest BCUT2D eigenvalue weighted by atomic mass is 9.81. The maximum absolute atomic E-state index is 12.6. The van der Waals surface area contributed by atoms with E-state index in [1.54, 1.807) is 32.0 Å². The number of carbonyl (C=O) groups is 2. The monoisotopic (exact) mass is 399 g/mol. The zero-order chi connectivity index (χ0) is 19.6. The Balaban J connectivity index is 2.81. The van der Waals surface area contributed by atoms with Gasteiger partial charge in [-0.25, -0.2) is 9.59 Å². The first kappa shape index (κ1) is 20.1. The Hall–Kier alpha value is -2.18. The lowest BCUT2D eigenvalue weighted by Gasteiger charge is -2.34. The summed E-state index contributed by atoms with van der Waals surface area (Å²) < 4.78 is 9.98. The molecule has 0 amide bonds. The van der Waals surface area contributed by atoms with Crippen molar-refractivity contribution in [2.45, 2.75) is 19.8 Å². The topological polar surface area (TPSA) is 76.1 Å². The van der Waals surface area contributed by atoms with Gasteiger partial charge in [-0.05, 0) is 25.5 Å². The zero-order valence-corrected chi connectivity index (χ0v) is 16.3. The summed E-state index contributed by atoms with van der Waals surface area (Å²) in [5.41, 5.74) is 0.870. The lowest BCUT2D eigenvalue weighted by molar-refractivity contribution is -0.139. The normalized spacial score (nSPS) is 17.5. The van der Waals surface area contributed by atoms with Crippen LogP contribution in [0.4, 0.5) is 0 Å². The van der Waals surface area contributed by atoms with Crippen LogP contribution in [0.15, 0.2) is 40.9 Å². The molecule has 1 aliphatic rings. The van der Waals surface area contributed by atoms with Crippen LogP contribution in [0.25, 0.3) is 0 Å². The van der Waals surface area contributed by atoms with Gasteiger partial charge in [-0.2, -0.15) is 0 Å². The number of esters is 2. The highest BCUT2D eigenvalue weighted by molar-refractivity contribution is 6.42. The van der Waals surface area contributed by atoms with Crippen LogP contribution in [-0.4, -0.2) is 42.7 Å². The largest absolute Gasteiger partial charge is 0.494 e. The maximum Gasteiger partial charge on any atom is 0.340 e. The van der Waals surface area contributed by atoms with Crippen molar-refractivity contribution >= 4 is 35.1 Å². The Bertz CT molecular complexity index is 816. The van der Waals surface area contributed by atoms with Gasteiger partial charge in [-0.3, -0.25) is 0 Å². The number of halogens is 2. The number of methoxy groups -OCH3 is 1. The predicted molar refractivity (Wildman–Crippen MR) is 98.0 cm³/mol. The summed E-state index contributed by atoms with van der Waals surface area (Å²) in [6, 6.07) is 4.86. The SMILES string of the molecule is CCOC(=O)C1=C(O)N(C)C(C)=C(C(=O)OC)C1c1cccc(Cl)c1Cl. The van der Waals surface area contributed by atoms with Crippen molar-refractivity contribution in [1.29, 1.82) is 0 Å². The van der Waals surface area contributed by atoms with E-state index in [0.717, 1.165) is 0 Å². The molecule has 1 aliphatic heterocycles. The van der Waals surface area contributed by atoms with E-state index in [1.165, 1.54) is 19.1 Å². The van der Waals surface area contributed by atoms with E-state index in [2.05, 4.69) is 0 Å². The van der Waals surface area contributed by atoms with Gasteiger partial charge in [0.05, 0.1) is 35.3 Å². The molecule has 1 N–H and O–H groups in total. The number of hydrogen-bond acceptors (Lipinski definition) is 6. The van der Waals surface area contributed by atoms with Gasteiger partial charge in [0, 0.05) is 12.7 Å². The molecule has 0 fully saturated rings. The van der Waals surface area contributed by atoms with E-state index in [-0.39, 0.29) is 33.7 Å². The third-order valence-electron chi connectivity index (χ3n) is 4.22. The highest BCUT2D eigenvalue weighted by Gasteiger charge is 2.42. The molecule has 0 saturated carbocycles. The second kappa shape index (κ2) is 8.01. The van der Waals surface area contributed by atoms with Gasteiger partial charge < -0.3 is 19.5 Å². The zero-order valence-electron chi connectivity index (χ0n) is 14.8. The van der Waals surface area contributed by atoms with Gasteiger partial charge >= 0.3 is 11.9 Å². The third-order valence-corrected chi connectivity index (χ3v) is 5.06. The Labute approximate surface area is 161 Å². The van der Waals surface area contributed by atoms with E-state index in [9.17, 15) is 14.7 Å². The molecule has 2 rings (SSSR count). The summed E-state index contributed by atoms with van der Waals surface area (Å²) in [5, 5.41) is 11.0. The van der Waals surface area contributed by atoms with Crippen LogP contribution in [0.2, 0.25) is 10.0 Å². The van der Waals surface area contributed by atoms with Gasteiger partial charge in [0.2, 0.25) is 5.88 Å². The molecule has 1 aromatic rings. The molecule has 6 nitrogen and oxygen atoms in total. The molecule has 0 radical (unpaired) electrons. The summed E-state index contributed by atoms with van der Waals surface area (Å²) >= 11 is 12.5. The van der Waals surface area contributed by atoms with Crippen LogP contribution in [0, 0.1) is 0 Å². The molecule has 8 heteroatoms. The van der Waals surface area contributed by atoms with Crippen molar-refractivity contribution in [3.05, 3.63) is 56.5 Å². The molecule has 1 aromatic carbocycles. The molecule has 140 valence electrons. The second-order valence-electron chi connectivity index (χ2n) is 5.58. The second-order valence-corrected chi connectivity index (χ2v) is 6.37. The van der Waals surface area contributed by atoms with Crippen LogP contribution in [0.1, 0.15) is 25.3 Å². The van der Waals surface area contributed by atoms with E-state index < -0.39 is 17.9 Å². The fourth-order valence-corrected chi connectivity index (χ4v) is 3.27. The van der Waals surface area contributed by atoms with Crippen molar-refractivity contribution < 1.29 is 24.2 Å². The standard InChI is InChI=1S/C18H19Cl2NO5/c1-5-26-18(24)14-13(10-7-6-8-11(19)15(10)20)12(17(23)25-4)9(2)21(3)16(14)22/h6-8,13,22H,5H2,1-4H3. The van der Waals surface area contributed by atoms with Gasteiger partial charge in [-0.15, -0.1) is 0 Å². The van der Waals surface area contributed by atoms with Crippen molar-refractivity contribution in [1.82, 2.24) is 4.90 Å². The Kier molecular flexibility index (Phi) is 6.21. The van der Waals surface area contributed by atoms with Crippen LogP contribution in [0.3, 0.4) is 0 Å². The third kappa shape index (κ3) is 3.39. The molecule has 1 unspecified atom stereocenters. The molecule has 1 heterocycles. The molecule has 0 aliphatic carbocycles. The number of aliphatic hydroxyl groups is 1. The number of benzene rings is 1. The van der Waals surface area contributed by atoms with Gasteiger partial charge in [0.25, 0.3) is 0 Å². The molecule has 1 atom stereocenters. The first-order valence-electron chi connectivity index (χ1n) is 7.83. The molecule has 0 aromatic heterocycles. The summed E-state index contributed by atoms with van der Waals surface area (Å²) in [6.45, 7) is 3.38. The van der Waals surface area contributed by atoms with E-state index in [4.69, 9.17) is 32.7 Å². The van der Waals surface area contributed by atoms with E-state index >= 15 is 0 Å².